The van der Waals surface area contributed by atoms with Crippen LogP contribution in [0.4, 0.5) is 0 Å². The summed E-state index contributed by atoms with van der Waals surface area (Å²) in [4.78, 5) is 28.4. The van der Waals surface area contributed by atoms with E-state index in [1.807, 2.05) is 35.2 Å². The van der Waals surface area contributed by atoms with Gasteiger partial charge in [0.1, 0.15) is 0 Å². The van der Waals surface area contributed by atoms with E-state index in [1.54, 1.807) is 0 Å². The van der Waals surface area contributed by atoms with Crippen LogP contribution in [0.5, 0.6) is 0 Å². The average molecular weight is 345 g/mol. The third-order valence-corrected chi connectivity index (χ3v) is 4.86. The summed E-state index contributed by atoms with van der Waals surface area (Å²) < 4.78 is 5.67. The fourth-order valence-corrected chi connectivity index (χ4v) is 3.39. The van der Waals surface area contributed by atoms with E-state index in [9.17, 15) is 9.59 Å². The van der Waals surface area contributed by atoms with Crippen molar-refractivity contribution in [1.82, 2.24) is 15.1 Å². The van der Waals surface area contributed by atoms with Crippen LogP contribution in [-0.2, 0) is 20.7 Å². The van der Waals surface area contributed by atoms with Crippen LogP contribution in [0.3, 0.4) is 0 Å². The van der Waals surface area contributed by atoms with Crippen LogP contribution < -0.4 is 5.32 Å². The number of carbonyl (C=O) groups is 2. The summed E-state index contributed by atoms with van der Waals surface area (Å²) in [5, 5.41) is 2.73. The first-order valence-electron chi connectivity index (χ1n) is 9.13. The van der Waals surface area contributed by atoms with Crippen molar-refractivity contribution < 1.29 is 14.3 Å². The molecular formula is C19H27N3O3. The third kappa shape index (κ3) is 5.54. The van der Waals surface area contributed by atoms with E-state index in [0.29, 0.717) is 12.5 Å². The number of rotatable bonds is 6. The Morgan fingerprint density at radius 3 is 2.56 bits per heavy atom. The standard InChI is InChI=1S/C19H27N3O3/c23-18(13-16-5-2-1-3-6-16)20-14-19(24)22-10-8-21(9-11-22)15-17-7-4-12-25-17/h1-3,5-6,17H,4,7-15H2,(H,20,23). The highest BCUT2D eigenvalue weighted by molar-refractivity contribution is 5.85. The Kier molecular flexibility index (Phi) is 6.42. The number of ether oxygens (including phenoxy) is 1. The van der Waals surface area contributed by atoms with E-state index >= 15 is 0 Å². The summed E-state index contributed by atoms with van der Waals surface area (Å²) in [6.07, 6.45) is 2.97. The lowest BCUT2D eigenvalue weighted by molar-refractivity contribution is -0.134. The zero-order chi connectivity index (χ0) is 17.5. The smallest absolute Gasteiger partial charge is 0.242 e. The van der Waals surface area contributed by atoms with Crippen molar-refractivity contribution in [2.45, 2.75) is 25.4 Å². The maximum Gasteiger partial charge on any atom is 0.242 e. The van der Waals surface area contributed by atoms with Gasteiger partial charge in [-0.05, 0) is 18.4 Å². The van der Waals surface area contributed by atoms with Gasteiger partial charge in [0.15, 0.2) is 0 Å². The number of hydrogen-bond donors (Lipinski definition) is 1. The molecule has 2 saturated heterocycles. The van der Waals surface area contributed by atoms with Gasteiger partial charge in [-0.1, -0.05) is 30.3 Å². The van der Waals surface area contributed by atoms with Crippen molar-refractivity contribution in [3.05, 3.63) is 35.9 Å². The largest absolute Gasteiger partial charge is 0.377 e. The van der Waals surface area contributed by atoms with Crippen LogP contribution in [0, 0.1) is 0 Å². The van der Waals surface area contributed by atoms with Crippen molar-refractivity contribution in [3.8, 4) is 0 Å². The van der Waals surface area contributed by atoms with Gasteiger partial charge in [0.2, 0.25) is 11.8 Å². The summed E-state index contributed by atoms with van der Waals surface area (Å²) in [6.45, 7) is 5.13. The zero-order valence-electron chi connectivity index (χ0n) is 14.7. The van der Waals surface area contributed by atoms with Gasteiger partial charge < -0.3 is 15.0 Å². The quantitative estimate of drug-likeness (QED) is 0.823. The number of carbonyl (C=O) groups excluding carboxylic acids is 2. The van der Waals surface area contributed by atoms with Crippen molar-refractivity contribution in [3.63, 3.8) is 0 Å². The molecule has 0 spiro atoms. The Bertz CT molecular complexity index is 565. The molecule has 3 rings (SSSR count). The van der Waals surface area contributed by atoms with Crippen LogP contribution in [0.2, 0.25) is 0 Å². The highest BCUT2D eigenvalue weighted by Gasteiger charge is 2.24. The maximum atomic E-state index is 12.3. The summed E-state index contributed by atoms with van der Waals surface area (Å²) >= 11 is 0. The lowest BCUT2D eigenvalue weighted by atomic mass is 10.1. The molecule has 136 valence electrons. The molecule has 0 bridgehead atoms. The van der Waals surface area contributed by atoms with Gasteiger partial charge in [0.25, 0.3) is 0 Å². The molecular weight excluding hydrogens is 318 g/mol. The second-order valence-electron chi connectivity index (χ2n) is 6.76. The van der Waals surface area contributed by atoms with Crippen LogP contribution in [-0.4, -0.2) is 73.6 Å². The van der Waals surface area contributed by atoms with Gasteiger partial charge in [0, 0.05) is 39.3 Å². The average Bonchev–Trinajstić information content (AvgIpc) is 3.14. The van der Waals surface area contributed by atoms with E-state index in [1.165, 1.54) is 0 Å². The normalized spacial score (nSPS) is 21.3. The number of nitrogens with one attached hydrogen (secondary N) is 1. The highest BCUT2D eigenvalue weighted by atomic mass is 16.5. The number of piperazine rings is 1. The van der Waals surface area contributed by atoms with Gasteiger partial charge in [-0.3, -0.25) is 14.5 Å². The summed E-state index contributed by atoms with van der Waals surface area (Å²) in [6, 6.07) is 9.56. The lowest BCUT2D eigenvalue weighted by Crippen LogP contribution is -2.52. The topological polar surface area (TPSA) is 61.9 Å². The van der Waals surface area contributed by atoms with Crippen LogP contribution >= 0.6 is 0 Å². The molecule has 0 aromatic heterocycles. The summed E-state index contributed by atoms with van der Waals surface area (Å²) in [7, 11) is 0. The summed E-state index contributed by atoms with van der Waals surface area (Å²) in [5.41, 5.74) is 0.954. The van der Waals surface area contributed by atoms with Gasteiger partial charge in [0.05, 0.1) is 19.1 Å². The van der Waals surface area contributed by atoms with Crippen molar-refractivity contribution in [1.29, 1.82) is 0 Å². The number of amides is 2. The van der Waals surface area contributed by atoms with E-state index < -0.39 is 0 Å². The molecule has 1 atom stereocenters. The highest BCUT2D eigenvalue weighted by Crippen LogP contribution is 2.14. The zero-order valence-corrected chi connectivity index (χ0v) is 14.7. The monoisotopic (exact) mass is 345 g/mol. The molecule has 2 aliphatic heterocycles. The minimum Gasteiger partial charge on any atom is -0.377 e. The van der Waals surface area contributed by atoms with Gasteiger partial charge in [-0.15, -0.1) is 0 Å². The van der Waals surface area contributed by atoms with Crippen molar-refractivity contribution >= 4 is 11.8 Å². The fourth-order valence-electron chi connectivity index (χ4n) is 3.39. The number of nitrogens with zero attached hydrogens (tertiary/aromatic N) is 2. The molecule has 6 heteroatoms. The molecule has 25 heavy (non-hydrogen) atoms. The molecule has 1 aromatic carbocycles. The van der Waals surface area contributed by atoms with Gasteiger partial charge >= 0.3 is 0 Å². The number of benzene rings is 1. The van der Waals surface area contributed by atoms with Gasteiger partial charge in [-0.2, -0.15) is 0 Å². The fraction of sp³-hybridized carbons (Fsp3) is 0.579. The first-order valence-corrected chi connectivity index (χ1v) is 9.13. The molecule has 6 nitrogen and oxygen atoms in total. The molecule has 0 saturated carbocycles. The molecule has 0 radical (unpaired) electrons. The van der Waals surface area contributed by atoms with E-state index in [2.05, 4.69) is 10.2 Å². The predicted octanol–water partition coefficient (Wildman–Crippen LogP) is 0.669. The predicted molar refractivity (Wildman–Crippen MR) is 95.1 cm³/mol. The maximum absolute atomic E-state index is 12.3. The number of hydrogen-bond acceptors (Lipinski definition) is 4. The SMILES string of the molecule is O=C(Cc1ccccc1)NCC(=O)N1CCN(CC2CCCO2)CC1. The van der Waals surface area contributed by atoms with Gasteiger partial charge in [-0.25, -0.2) is 0 Å². The Morgan fingerprint density at radius 1 is 1.12 bits per heavy atom. The Balaban J connectivity index is 1.34. The molecule has 1 aromatic rings. The van der Waals surface area contributed by atoms with Crippen LogP contribution in [0.1, 0.15) is 18.4 Å². The van der Waals surface area contributed by atoms with E-state index in [4.69, 9.17) is 4.74 Å². The molecule has 2 fully saturated rings. The van der Waals surface area contributed by atoms with Crippen molar-refractivity contribution in [2.24, 2.45) is 0 Å². The van der Waals surface area contributed by atoms with Crippen LogP contribution in [0.25, 0.3) is 0 Å². The Morgan fingerprint density at radius 2 is 1.88 bits per heavy atom. The Labute approximate surface area is 149 Å². The van der Waals surface area contributed by atoms with E-state index in [0.717, 1.165) is 57.7 Å². The molecule has 0 aliphatic carbocycles. The van der Waals surface area contributed by atoms with E-state index in [-0.39, 0.29) is 18.4 Å². The minimum absolute atomic E-state index is 0.00169. The minimum atomic E-state index is -0.114. The summed E-state index contributed by atoms with van der Waals surface area (Å²) in [5.74, 6) is -0.116. The lowest BCUT2D eigenvalue weighted by Gasteiger charge is -2.35. The first-order chi connectivity index (χ1) is 12.2. The molecule has 2 aliphatic rings. The van der Waals surface area contributed by atoms with Crippen molar-refractivity contribution in [2.75, 3.05) is 45.9 Å². The first kappa shape index (κ1) is 17.9. The third-order valence-electron chi connectivity index (χ3n) is 4.86. The van der Waals surface area contributed by atoms with Crippen LogP contribution in [0.15, 0.2) is 30.3 Å². The molecule has 1 N–H and O–H groups in total. The molecule has 2 heterocycles. The molecule has 2 amide bonds. The Hall–Kier alpha value is -1.92. The molecule has 1 unspecified atom stereocenters. The second kappa shape index (κ2) is 8.97. The second-order valence-corrected chi connectivity index (χ2v) is 6.76.